The van der Waals surface area contributed by atoms with Crippen LogP contribution >= 0.6 is 0 Å². The fraction of sp³-hybridized carbons (Fsp3) is 0.741. The minimum atomic E-state index is -0.0695. The Labute approximate surface area is 179 Å². The molecule has 2 heteroatoms. The first-order valence-corrected chi connectivity index (χ1v) is 12.0. The van der Waals surface area contributed by atoms with Gasteiger partial charge in [0.25, 0.3) is 6.47 Å². The third-order valence-electron chi connectivity index (χ3n) is 6.29. The van der Waals surface area contributed by atoms with E-state index in [-0.39, 0.29) is 5.60 Å². The average molecular weight is 401 g/mol. The number of unbranched alkanes of at least 4 members (excludes halogenated alkanes) is 6. The molecule has 29 heavy (non-hydrogen) atoms. The summed E-state index contributed by atoms with van der Waals surface area (Å²) >= 11 is 0. The van der Waals surface area contributed by atoms with Gasteiger partial charge in [0, 0.05) is 0 Å². The Kier molecular flexibility index (Phi) is 9.72. The van der Waals surface area contributed by atoms with E-state index in [4.69, 9.17) is 4.74 Å². The molecule has 1 aliphatic rings. The van der Waals surface area contributed by atoms with Gasteiger partial charge in [-0.3, -0.25) is 4.79 Å². The molecule has 0 N–H and O–H groups in total. The Morgan fingerprint density at radius 2 is 1.41 bits per heavy atom. The van der Waals surface area contributed by atoms with E-state index < -0.39 is 0 Å². The molecule has 164 valence electrons. The number of carbonyl (C=O) groups is 1. The van der Waals surface area contributed by atoms with Crippen LogP contribution in [-0.2, 0) is 22.4 Å². The van der Waals surface area contributed by atoms with E-state index in [2.05, 4.69) is 45.9 Å². The van der Waals surface area contributed by atoms with Crippen molar-refractivity contribution in [2.75, 3.05) is 0 Å². The van der Waals surface area contributed by atoms with E-state index in [9.17, 15) is 4.79 Å². The normalized spacial score (nSPS) is 15.3. The van der Waals surface area contributed by atoms with Crippen molar-refractivity contribution in [2.24, 2.45) is 5.41 Å². The van der Waals surface area contributed by atoms with Gasteiger partial charge in [0.2, 0.25) is 0 Å². The van der Waals surface area contributed by atoms with Gasteiger partial charge in [0.1, 0.15) is 5.60 Å². The predicted molar refractivity (Wildman–Crippen MR) is 123 cm³/mol. The lowest BCUT2D eigenvalue weighted by Gasteiger charge is -2.17. The van der Waals surface area contributed by atoms with Crippen molar-refractivity contribution in [3.05, 3.63) is 34.9 Å². The molecule has 0 heterocycles. The summed E-state index contributed by atoms with van der Waals surface area (Å²) in [5, 5.41) is 0. The Morgan fingerprint density at radius 3 is 1.93 bits per heavy atom. The third-order valence-corrected chi connectivity index (χ3v) is 6.29. The van der Waals surface area contributed by atoms with E-state index in [0.29, 0.717) is 11.9 Å². The molecule has 0 atom stereocenters. The topological polar surface area (TPSA) is 26.3 Å². The highest BCUT2D eigenvalue weighted by Crippen LogP contribution is 2.43. The Bertz CT molecular complexity index is 607. The Hall–Kier alpha value is -1.31. The fourth-order valence-corrected chi connectivity index (χ4v) is 4.37. The summed E-state index contributed by atoms with van der Waals surface area (Å²) in [6.07, 6.45) is 17.3. The lowest BCUT2D eigenvalue weighted by molar-refractivity contribution is -0.135. The van der Waals surface area contributed by atoms with Crippen molar-refractivity contribution in [2.45, 2.75) is 123 Å². The molecule has 0 spiro atoms. The van der Waals surface area contributed by atoms with Gasteiger partial charge in [-0.2, -0.15) is 0 Å². The second-order valence-corrected chi connectivity index (χ2v) is 10.6. The first-order valence-electron chi connectivity index (χ1n) is 12.0. The highest BCUT2D eigenvalue weighted by Gasteiger charge is 2.44. The summed E-state index contributed by atoms with van der Waals surface area (Å²) < 4.78 is 5.23. The summed E-state index contributed by atoms with van der Waals surface area (Å²) in [4.78, 5) is 10.5. The van der Waals surface area contributed by atoms with E-state index >= 15 is 0 Å². The molecule has 2 nitrogen and oxygen atoms in total. The molecule has 2 rings (SSSR count). The first-order chi connectivity index (χ1) is 13.8. The van der Waals surface area contributed by atoms with Crippen LogP contribution in [0.2, 0.25) is 0 Å². The van der Waals surface area contributed by atoms with Gasteiger partial charge in [-0.15, -0.1) is 0 Å². The maximum absolute atomic E-state index is 10.5. The van der Waals surface area contributed by atoms with Gasteiger partial charge in [0.05, 0.1) is 0 Å². The van der Waals surface area contributed by atoms with Crippen LogP contribution in [0, 0.1) is 12.3 Å². The average Bonchev–Trinajstić information content (AvgIpc) is 3.40. The highest BCUT2D eigenvalue weighted by atomic mass is 16.5. The van der Waals surface area contributed by atoms with Gasteiger partial charge in [-0.25, -0.2) is 0 Å². The maximum atomic E-state index is 10.5. The van der Waals surface area contributed by atoms with E-state index in [1.54, 1.807) is 0 Å². The second-order valence-electron chi connectivity index (χ2n) is 10.6. The van der Waals surface area contributed by atoms with Crippen LogP contribution in [0.4, 0.5) is 0 Å². The van der Waals surface area contributed by atoms with Crippen LogP contribution in [0.5, 0.6) is 0 Å². The molecular formula is C27H44O2. The molecule has 0 amide bonds. The number of hydrogen-bond acceptors (Lipinski definition) is 2. The summed E-state index contributed by atoms with van der Waals surface area (Å²) in [5.41, 5.74) is 4.86. The molecule has 0 aromatic heterocycles. The zero-order chi connectivity index (χ0) is 21.2. The van der Waals surface area contributed by atoms with Crippen molar-refractivity contribution >= 4 is 6.47 Å². The van der Waals surface area contributed by atoms with Gasteiger partial charge in [-0.1, -0.05) is 76.6 Å². The number of benzene rings is 1. The monoisotopic (exact) mass is 400 g/mol. The van der Waals surface area contributed by atoms with Crippen molar-refractivity contribution in [1.82, 2.24) is 0 Å². The van der Waals surface area contributed by atoms with E-state index in [1.807, 2.05) is 0 Å². The number of carbonyl (C=O) groups excluding carboxylic acids is 1. The molecular weight excluding hydrogens is 356 g/mol. The molecule has 1 aromatic rings. The minimum Gasteiger partial charge on any atom is -0.461 e. The highest BCUT2D eigenvalue weighted by molar-refractivity contribution is 5.39. The van der Waals surface area contributed by atoms with Crippen LogP contribution in [0.1, 0.15) is 115 Å². The van der Waals surface area contributed by atoms with E-state index in [0.717, 1.165) is 19.3 Å². The molecule has 0 radical (unpaired) electrons. The van der Waals surface area contributed by atoms with Crippen LogP contribution in [-0.4, -0.2) is 12.1 Å². The Balaban J connectivity index is 1.59. The van der Waals surface area contributed by atoms with Gasteiger partial charge >= 0.3 is 0 Å². The van der Waals surface area contributed by atoms with Crippen LogP contribution in [0.25, 0.3) is 0 Å². The lowest BCUT2D eigenvalue weighted by atomic mass is 9.89. The summed E-state index contributed by atoms with van der Waals surface area (Å²) in [5.74, 6) is 0. The van der Waals surface area contributed by atoms with Crippen molar-refractivity contribution in [1.29, 1.82) is 0 Å². The van der Waals surface area contributed by atoms with Crippen LogP contribution < -0.4 is 0 Å². The lowest BCUT2D eigenvalue weighted by Crippen LogP contribution is -2.12. The fourth-order valence-electron chi connectivity index (χ4n) is 4.37. The third kappa shape index (κ3) is 10.3. The summed E-state index contributed by atoms with van der Waals surface area (Å²) in [6, 6.07) is 7.18. The summed E-state index contributed by atoms with van der Waals surface area (Å²) in [7, 11) is 0. The van der Waals surface area contributed by atoms with Crippen molar-refractivity contribution < 1.29 is 9.53 Å². The van der Waals surface area contributed by atoms with Crippen molar-refractivity contribution in [3.8, 4) is 0 Å². The zero-order valence-corrected chi connectivity index (χ0v) is 19.5. The second kappa shape index (κ2) is 11.8. The molecule has 0 aliphatic heterocycles. The molecule has 1 aromatic carbocycles. The maximum Gasteiger partial charge on any atom is 0.293 e. The number of rotatable bonds is 15. The first kappa shape index (κ1) is 24.0. The number of aryl methyl sites for hydroxylation is 3. The molecule has 1 aliphatic carbocycles. The zero-order valence-electron chi connectivity index (χ0n) is 19.5. The SMILES string of the molecule is Cc1cc(CCCCCCC(C)(C)C)cc(CCCCCCC2(OC=O)CC2)c1. The van der Waals surface area contributed by atoms with Gasteiger partial charge in [-0.05, 0) is 81.3 Å². The number of hydrogen-bond donors (Lipinski definition) is 0. The Morgan fingerprint density at radius 1 is 0.862 bits per heavy atom. The number of ether oxygens (including phenoxy) is 1. The standard InChI is InChI=1S/C27H44O2/c1-23-19-24(13-9-5-7-11-15-26(2,3)4)21-25(20-23)14-10-6-8-12-16-27(17-18-27)29-22-28/h19-22H,5-18H2,1-4H3. The smallest absolute Gasteiger partial charge is 0.293 e. The summed E-state index contributed by atoms with van der Waals surface area (Å²) in [6.45, 7) is 9.89. The van der Waals surface area contributed by atoms with Crippen LogP contribution in [0.15, 0.2) is 18.2 Å². The molecule has 0 bridgehead atoms. The predicted octanol–water partition coefficient (Wildman–Crippen LogP) is 7.73. The quantitative estimate of drug-likeness (QED) is 0.222. The largest absolute Gasteiger partial charge is 0.461 e. The minimum absolute atomic E-state index is 0.0695. The van der Waals surface area contributed by atoms with Gasteiger partial charge in [0.15, 0.2) is 0 Å². The molecule has 1 fully saturated rings. The molecule has 0 saturated heterocycles. The molecule has 0 unspecified atom stereocenters. The van der Waals surface area contributed by atoms with Crippen molar-refractivity contribution in [3.63, 3.8) is 0 Å². The molecule has 1 saturated carbocycles. The van der Waals surface area contributed by atoms with Gasteiger partial charge < -0.3 is 4.74 Å². The van der Waals surface area contributed by atoms with E-state index in [1.165, 1.54) is 87.3 Å². The van der Waals surface area contributed by atoms with Crippen LogP contribution in [0.3, 0.4) is 0 Å².